The minimum absolute atomic E-state index is 0. The summed E-state index contributed by atoms with van der Waals surface area (Å²) in [5.41, 5.74) is 0.231. The van der Waals surface area contributed by atoms with Gasteiger partial charge in [0.15, 0.2) is 0 Å². The summed E-state index contributed by atoms with van der Waals surface area (Å²) < 4.78 is 62.7. The average molecular weight is 519 g/mol. The van der Waals surface area contributed by atoms with Crippen LogP contribution in [0.4, 0.5) is 0 Å². The van der Waals surface area contributed by atoms with E-state index in [1.807, 2.05) is 0 Å². The van der Waals surface area contributed by atoms with Gasteiger partial charge < -0.3 is 9.81 Å². The fraction of sp³-hybridized carbons (Fsp3) is 0.143. The first-order chi connectivity index (χ1) is 12.5. The van der Waals surface area contributed by atoms with Crippen LogP contribution >= 0.6 is 35.2 Å². The van der Waals surface area contributed by atoms with E-state index in [2.05, 4.69) is 9.37 Å². The Bertz CT molecular complexity index is 1050. The van der Waals surface area contributed by atoms with Crippen LogP contribution in [-0.2, 0) is 40.8 Å². The van der Waals surface area contributed by atoms with Crippen molar-refractivity contribution in [1.82, 2.24) is 0 Å². The van der Waals surface area contributed by atoms with Crippen LogP contribution in [0.5, 0.6) is 0 Å². The van der Waals surface area contributed by atoms with E-state index in [9.17, 15) is 26.6 Å². The second-order valence-electron chi connectivity index (χ2n) is 5.11. The molecule has 0 saturated carbocycles. The number of hydrogen-bond acceptors (Lipinski definition) is 9. The zero-order chi connectivity index (χ0) is 20.2. The van der Waals surface area contributed by atoms with Crippen molar-refractivity contribution in [2.24, 2.45) is 0 Å². The van der Waals surface area contributed by atoms with E-state index in [1.54, 1.807) is 0 Å². The summed E-state index contributed by atoms with van der Waals surface area (Å²) in [6.45, 7) is 0. The molecule has 0 aliphatic carbocycles. The number of sulfone groups is 1. The van der Waals surface area contributed by atoms with E-state index in [4.69, 9.17) is 23.2 Å². The normalized spacial score (nSPS) is 11.4. The van der Waals surface area contributed by atoms with Gasteiger partial charge in [0.25, 0.3) is 0 Å². The summed E-state index contributed by atoms with van der Waals surface area (Å²) in [6, 6.07) is 7.30. The van der Waals surface area contributed by atoms with E-state index in [1.165, 1.54) is 30.3 Å². The molecule has 0 heterocycles. The molecule has 0 aliphatic rings. The first kappa shape index (κ1) is 30.1. The Balaban J connectivity index is 0.00000392. The molecular weight excluding hydrogens is 509 g/mol. The van der Waals surface area contributed by atoms with Gasteiger partial charge in [0.05, 0.1) is 25.7 Å². The van der Waals surface area contributed by atoms with E-state index >= 15 is 0 Å². The van der Waals surface area contributed by atoms with E-state index < -0.39 is 25.7 Å². The van der Waals surface area contributed by atoms with Crippen molar-refractivity contribution in [2.45, 2.75) is 21.3 Å². The standard InChI is InChI=1S/C14H12Cl2O8S3.2Na/c15-13-3-1-11(5-9(13)7-25-24-23-17)27(21,22)12-2-4-14(16)10(6-12)8-26(18,19)20;;/h1-6,17H,7-8H2,(H,18,19,20);;/q;2*+1/p-2. The zero-order valence-electron chi connectivity index (χ0n) is 15.1. The van der Waals surface area contributed by atoms with Gasteiger partial charge in [-0.1, -0.05) is 23.2 Å². The van der Waals surface area contributed by atoms with Crippen LogP contribution < -0.4 is 64.4 Å². The van der Waals surface area contributed by atoms with Crippen molar-refractivity contribution >= 4 is 55.2 Å². The molecule has 0 aromatic heterocycles. The van der Waals surface area contributed by atoms with Crippen molar-refractivity contribution < 1.29 is 95.1 Å². The molecule has 15 heteroatoms. The molecule has 2 aromatic rings. The van der Waals surface area contributed by atoms with E-state index in [0.29, 0.717) is 17.6 Å². The molecule has 0 N–H and O–H groups in total. The first-order valence-electron chi connectivity index (χ1n) is 6.88. The van der Waals surface area contributed by atoms with Crippen molar-refractivity contribution in [1.29, 1.82) is 0 Å². The van der Waals surface area contributed by atoms with Gasteiger partial charge in [-0.25, -0.2) is 16.8 Å². The molecule has 0 aliphatic heterocycles. The van der Waals surface area contributed by atoms with Gasteiger partial charge in [0.2, 0.25) is 9.84 Å². The minimum atomic E-state index is -4.65. The molecule has 0 spiro atoms. The Morgan fingerprint density at radius 1 is 0.897 bits per heavy atom. The Morgan fingerprint density at radius 3 is 1.86 bits per heavy atom. The summed E-state index contributed by atoms with van der Waals surface area (Å²) in [6.07, 6.45) is 0. The van der Waals surface area contributed by atoms with Gasteiger partial charge in [0.1, 0.15) is 0 Å². The second kappa shape index (κ2) is 13.0. The molecule has 0 unspecified atom stereocenters. The molecule has 2 aromatic carbocycles. The number of benzene rings is 2. The Morgan fingerprint density at radius 2 is 1.38 bits per heavy atom. The van der Waals surface area contributed by atoms with Crippen molar-refractivity contribution in [3.63, 3.8) is 0 Å². The number of hydrogen-bond donors (Lipinski definition) is 0. The molecule has 0 radical (unpaired) electrons. The predicted molar refractivity (Wildman–Crippen MR) is 95.2 cm³/mol. The van der Waals surface area contributed by atoms with Gasteiger partial charge in [-0.3, -0.25) is 5.04 Å². The van der Waals surface area contributed by atoms with Gasteiger partial charge in [-0.05, 0) is 47.5 Å². The molecule has 148 valence electrons. The fourth-order valence-corrected chi connectivity index (χ4v) is 5.05. The molecule has 29 heavy (non-hydrogen) atoms. The quantitative estimate of drug-likeness (QED) is 0.0862. The Hall–Kier alpha value is 1.11. The summed E-state index contributed by atoms with van der Waals surface area (Å²) in [7, 11) is -8.71. The Labute approximate surface area is 226 Å². The average Bonchev–Trinajstić information content (AvgIpc) is 2.57. The molecule has 0 bridgehead atoms. The number of rotatable bonds is 8. The summed E-state index contributed by atoms with van der Waals surface area (Å²) >= 11 is 12.4. The molecule has 0 amide bonds. The maximum Gasteiger partial charge on any atom is 1.00 e. The topological polar surface area (TPSA) is 133 Å². The Kier molecular flexibility index (Phi) is 13.5. The molecule has 8 nitrogen and oxygen atoms in total. The molecular formula is C14H10Cl2Na2O8S3. The van der Waals surface area contributed by atoms with Gasteiger partial charge in [0, 0.05) is 27.8 Å². The fourth-order valence-electron chi connectivity index (χ4n) is 2.09. The SMILES string of the molecule is O=S(=O)([O-])Cc1cc(S(=O)(=O)c2ccc(Cl)c(CSOO[O-])c2)ccc1Cl.[Na+].[Na+]. The van der Waals surface area contributed by atoms with Crippen LogP contribution in [0.15, 0.2) is 46.2 Å². The molecule has 0 fully saturated rings. The molecule has 2 rings (SSSR count). The van der Waals surface area contributed by atoms with Crippen LogP contribution in [0.25, 0.3) is 0 Å². The maximum atomic E-state index is 12.8. The monoisotopic (exact) mass is 518 g/mol. The molecule has 0 atom stereocenters. The van der Waals surface area contributed by atoms with Crippen LogP contribution in [0.2, 0.25) is 10.0 Å². The third-order valence-corrected chi connectivity index (χ3v) is 7.01. The van der Waals surface area contributed by atoms with Gasteiger partial charge in [-0.2, -0.15) is 4.33 Å². The molecule has 0 saturated heterocycles. The van der Waals surface area contributed by atoms with Gasteiger partial charge in [-0.15, -0.1) is 0 Å². The van der Waals surface area contributed by atoms with Crippen LogP contribution in [0.1, 0.15) is 11.1 Å². The van der Waals surface area contributed by atoms with Crippen LogP contribution in [0.3, 0.4) is 0 Å². The predicted octanol–water partition coefficient (Wildman–Crippen LogP) is -3.75. The van der Waals surface area contributed by atoms with E-state index in [-0.39, 0.29) is 90.3 Å². The van der Waals surface area contributed by atoms with Crippen molar-refractivity contribution in [2.75, 3.05) is 0 Å². The second-order valence-corrected chi connectivity index (χ2v) is 9.94. The van der Waals surface area contributed by atoms with Crippen LogP contribution in [-0.4, -0.2) is 21.4 Å². The third-order valence-electron chi connectivity index (χ3n) is 3.28. The minimum Gasteiger partial charge on any atom is -0.748 e. The third kappa shape index (κ3) is 8.87. The first-order valence-corrected chi connectivity index (χ1v) is 11.6. The van der Waals surface area contributed by atoms with Gasteiger partial charge >= 0.3 is 59.1 Å². The van der Waals surface area contributed by atoms with Crippen LogP contribution in [0, 0.1) is 0 Å². The largest absolute Gasteiger partial charge is 1.00 e. The summed E-state index contributed by atoms with van der Waals surface area (Å²) in [5.74, 6) is -0.908. The maximum absolute atomic E-state index is 12.8. The van der Waals surface area contributed by atoms with Crippen molar-refractivity contribution in [3.8, 4) is 0 Å². The van der Waals surface area contributed by atoms with E-state index in [0.717, 1.165) is 6.07 Å². The number of halogens is 2. The summed E-state index contributed by atoms with van der Waals surface area (Å²) in [4.78, 5) is -0.380. The summed E-state index contributed by atoms with van der Waals surface area (Å²) in [5, 5.41) is 13.2. The smallest absolute Gasteiger partial charge is 0.748 e. The zero-order valence-corrected chi connectivity index (χ0v) is 23.1. The van der Waals surface area contributed by atoms with Crippen molar-refractivity contribution in [3.05, 3.63) is 57.6 Å².